The summed E-state index contributed by atoms with van der Waals surface area (Å²) in [7, 11) is 0. The Morgan fingerprint density at radius 3 is 0.797 bits per heavy atom. The van der Waals surface area contributed by atoms with Crippen molar-refractivity contribution in [3.63, 3.8) is 0 Å². The number of carbonyl (C=O) groups is 3. The van der Waals surface area contributed by atoms with E-state index in [-0.39, 0.29) is 31.1 Å². The average Bonchev–Trinajstić information content (AvgIpc) is 3.45. The highest BCUT2D eigenvalue weighted by Gasteiger charge is 2.19. The van der Waals surface area contributed by atoms with Crippen LogP contribution in [0.25, 0.3) is 0 Å². The van der Waals surface area contributed by atoms with E-state index in [9.17, 15) is 14.4 Å². The van der Waals surface area contributed by atoms with Gasteiger partial charge >= 0.3 is 17.9 Å². The average molecular weight is 1100 g/mol. The lowest BCUT2D eigenvalue weighted by Gasteiger charge is -2.18. The third kappa shape index (κ3) is 65.0. The number of hydrogen-bond donors (Lipinski definition) is 0. The molecule has 0 aromatic heterocycles. The quantitative estimate of drug-likeness (QED) is 0.0261. The summed E-state index contributed by atoms with van der Waals surface area (Å²) in [6.07, 6.45) is 89.8. The van der Waals surface area contributed by atoms with E-state index in [1.54, 1.807) is 0 Å². The molecule has 6 nitrogen and oxygen atoms in total. The monoisotopic (exact) mass is 1100 g/mol. The lowest BCUT2D eigenvalue weighted by molar-refractivity contribution is -0.167. The number of esters is 3. The van der Waals surface area contributed by atoms with Crippen LogP contribution >= 0.6 is 0 Å². The van der Waals surface area contributed by atoms with Crippen molar-refractivity contribution in [1.82, 2.24) is 0 Å². The summed E-state index contributed by atoms with van der Waals surface area (Å²) in [4.78, 5) is 38.4. The molecule has 0 aliphatic carbocycles. The molecule has 1 unspecified atom stereocenters. The first-order valence-corrected chi connectivity index (χ1v) is 33.7. The van der Waals surface area contributed by atoms with E-state index in [0.29, 0.717) is 19.3 Å². The topological polar surface area (TPSA) is 78.9 Å². The van der Waals surface area contributed by atoms with Gasteiger partial charge in [0.15, 0.2) is 6.10 Å². The van der Waals surface area contributed by atoms with Gasteiger partial charge < -0.3 is 14.2 Å². The summed E-state index contributed by atoms with van der Waals surface area (Å²) in [5.41, 5.74) is 0. The Hall–Kier alpha value is -3.67. The van der Waals surface area contributed by atoms with Crippen LogP contribution in [0.1, 0.15) is 329 Å². The van der Waals surface area contributed by atoms with Gasteiger partial charge in [0, 0.05) is 19.3 Å². The molecule has 0 saturated heterocycles. The summed E-state index contributed by atoms with van der Waals surface area (Å²) in [6, 6.07) is 0. The molecule has 79 heavy (non-hydrogen) atoms. The second kappa shape index (κ2) is 66.8. The predicted octanol–water partition coefficient (Wildman–Crippen LogP) is 23.2. The molecule has 0 aromatic carbocycles. The Bertz CT molecular complexity index is 1540. The first-order valence-electron chi connectivity index (χ1n) is 33.7. The Labute approximate surface area is 489 Å². The Kier molecular flexibility index (Phi) is 63.7. The van der Waals surface area contributed by atoms with Crippen molar-refractivity contribution in [2.24, 2.45) is 0 Å². The van der Waals surface area contributed by atoms with Crippen LogP contribution in [0.5, 0.6) is 0 Å². The fraction of sp³-hybridized carbons (Fsp3) is 0.740. The standard InChI is InChI=1S/C73H126O6/c1-4-7-10-13-16-19-22-25-28-31-34-35-36-37-38-39-40-43-45-48-51-54-57-60-63-66-72(75)78-69-70(79-73(76)67-64-61-58-55-52-49-46-42-33-30-27-24-21-18-15-12-9-6-3)68-77-71(74)65-62-59-56-53-50-47-44-41-32-29-26-23-20-17-14-11-8-5-2/h7,10,16,19,21,24-25,28-30,32-35,37-38,70H,4-6,8-9,11-15,17-18,20,22-23,26-27,31,36,39-69H2,1-3H3/b10-7-,19-16-,24-21-,28-25-,32-29-,33-30-,35-34-,38-37-. The first kappa shape index (κ1) is 75.3. The second-order valence-corrected chi connectivity index (χ2v) is 22.3. The molecule has 454 valence electrons. The zero-order chi connectivity index (χ0) is 57.1. The number of carbonyl (C=O) groups excluding carboxylic acids is 3. The minimum Gasteiger partial charge on any atom is -0.462 e. The second-order valence-electron chi connectivity index (χ2n) is 22.3. The maximum Gasteiger partial charge on any atom is 0.306 e. The van der Waals surface area contributed by atoms with Gasteiger partial charge in [-0.15, -0.1) is 0 Å². The normalized spacial score (nSPS) is 12.7. The van der Waals surface area contributed by atoms with Crippen LogP contribution in [-0.4, -0.2) is 37.2 Å². The highest BCUT2D eigenvalue weighted by atomic mass is 16.6. The summed E-state index contributed by atoms with van der Waals surface area (Å²) >= 11 is 0. The minimum absolute atomic E-state index is 0.0836. The van der Waals surface area contributed by atoms with Gasteiger partial charge in [0.25, 0.3) is 0 Å². The maximum atomic E-state index is 12.9. The van der Waals surface area contributed by atoms with Gasteiger partial charge in [0.05, 0.1) is 0 Å². The Balaban J connectivity index is 4.38. The number of allylic oxidation sites excluding steroid dienone is 16. The van der Waals surface area contributed by atoms with Crippen LogP contribution in [0.15, 0.2) is 97.2 Å². The summed E-state index contributed by atoms with van der Waals surface area (Å²) in [5.74, 6) is -0.888. The smallest absolute Gasteiger partial charge is 0.306 e. The molecule has 0 bridgehead atoms. The molecule has 0 aliphatic rings. The van der Waals surface area contributed by atoms with Crippen LogP contribution < -0.4 is 0 Å². The van der Waals surface area contributed by atoms with Gasteiger partial charge in [-0.2, -0.15) is 0 Å². The molecule has 0 heterocycles. The number of hydrogen-bond acceptors (Lipinski definition) is 6. The lowest BCUT2D eigenvalue weighted by Crippen LogP contribution is -2.30. The molecular formula is C73H126O6. The van der Waals surface area contributed by atoms with E-state index in [1.165, 1.54) is 180 Å². The third-order valence-electron chi connectivity index (χ3n) is 14.5. The van der Waals surface area contributed by atoms with Crippen molar-refractivity contribution >= 4 is 17.9 Å². The molecular weight excluding hydrogens is 973 g/mol. The summed E-state index contributed by atoms with van der Waals surface area (Å²) in [6.45, 7) is 6.53. The highest BCUT2D eigenvalue weighted by Crippen LogP contribution is 2.16. The van der Waals surface area contributed by atoms with Crippen LogP contribution in [0.4, 0.5) is 0 Å². The van der Waals surface area contributed by atoms with Gasteiger partial charge in [-0.1, -0.05) is 285 Å². The van der Waals surface area contributed by atoms with Crippen LogP contribution in [0, 0.1) is 0 Å². The summed E-state index contributed by atoms with van der Waals surface area (Å²) < 4.78 is 17.0. The molecule has 1 atom stereocenters. The molecule has 0 fully saturated rings. The number of unbranched alkanes of at least 4 members (excludes halogenated alkanes) is 34. The van der Waals surface area contributed by atoms with Crippen LogP contribution in [0.3, 0.4) is 0 Å². The summed E-state index contributed by atoms with van der Waals surface area (Å²) in [5, 5.41) is 0. The molecule has 6 heteroatoms. The zero-order valence-electron chi connectivity index (χ0n) is 52.1. The number of ether oxygens (including phenoxy) is 3. The molecule has 0 spiro atoms. The minimum atomic E-state index is -0.789. The Morgan fingerprint density at radius 2 is 0.494 bits per heavy atom. The van der Waals surface area contributed by atoms with Crippen molar-refractivity contribution in [3.05, 3.63) is 97.2 Å². The lowest BCUT2D eigenvalue weighted by atomic mass is 10.1. The van der Waals surface area contributed by atoms with E-state index in [1.807, 2.05) is 0 Å². The van der Waals surface area contributed by atoms with Crippen molar-refractivity contribution in [3.8, 4) is 0 Å². The molecule has 0 N–H and O–H groups in total. The van der Waals surface area contributed by atoms with Crippen molar-refractivity contribution < 1.29 is 28.6 Å². The maximum absolute atomic E-state index is 12.9. The molecule has 0 rings (SSSR count). The fourth-order valence-electron chi connectivity index (χ4n) is 9.50. The third-order valence-corrected chi connectivity index (χ3v) is 14.5. The SMILES string of the molecule is CC/C=C\C/C=C\C/C=C\C/C=C\C/C=C\CCCCCCCCCCCC(=O)OCC(COC(=O)CCCCCCCCC/C=C\CCCCCCCCC)OC(=O)CCCCCCCCC/C=C\C/C=C\CCCCCC. The van der Waals surface area contributed by atoms with Crippen molar-refractivity contribution in [2.75, 3.05) is 13.2 Å². The molecule has 0 aromatic rings. The van der Waals surface area contributed by atoms with Crippen molar-refractivity contribution in [1.29, 1.82) is 0 Å². The van der Waals surface area contributed by atoms with Crippen molar-refractivity contribution in [2.45, 2.75) is 335 Å². The predicted molar refractivity (Wildman–Crippen MR) is 344 cm³/mol. The van der Waals surface area contributed by atoms with Gasteiger partial charge in [-0.3, -0.25) is 14.4 Å². The fourth-order valence-corrected chi connectivity index (χ4v) is 9.50. The van der Waals surface area contributed by atoms with Crippen LogP contribution in [0.2, 0.25) is 0 Å². The van der Waals surface area contributed by atoms with Gasteiger partial charge in [-0.05, 0) is 122 Å². The van der Waals surface area contributed by atoms with E-state index in [2.05, 4.69) is 118 Å². The van der Waals surface area contributed by atoms with E-state index < -0.39 is 6.10 Å². The first-order chi connectivity index (χ1) is 39.0. The molecule has 0 amide bonds. The van der Waals surface area contributed by atoms with E-state index in [0.717, 1.165) is 109 Å². The Morgan fingerprint density at radius 1 is 0.266 bits per heavy atom. The van der Waals surface area contributed by atoms with Gasteiger partial charge in [0.1, 0.15) is 13.2 Å². The van der Waals surface area contributed by atoms with E-state index >= 15 is 0 Å². The molecule has 0 radical (unpaired) electrons. The molecule has 0 aliphatic heterocycles. The van der Waals surface area contributed by atoms with Crippen LogP contribution in [-0.2, 0) is 28.6 Å². The van der Waals surface area contributed by atoms with E-state index in [4.69, 9.17) is 14.2 Å². The van der Waals surface area contributed by atoms with Gasteiger partial charge in [-0.25, -0.2) is 0 Å². The highest BCUT2D eigenvalue weighted by molar-refractivity contribution is 5.71. The largest absolute Gasteiger partial charge is 0.462 e. The number of rotatable bonds is 61. The van der Waals surface area contributed by atoms with Gasteiger partial charge in [0.2, 0.25) is 0 Å². The zero-order valence-corrected chi connectivity index (χ0v) is 52.1. The molecule has 0 saturated carbocycles.